The number of ether oxygens (including phenoxy) is 1. The number of hydrogen-bond donors (Lipinski definition) is 1. The summed E-state index contributed by atoms with van der Waals surface area (Å²) in [6.07, 6.45) is 2.10. The first kappa shape index (κ1) is 18.2. The Hall–Kier alpha value is -2.10. The van der Waals surface area contributed by atoms with E-state index in [1.807, 2.05) is 48.5 Å². The fraction of sp³-hybridized carbons (Fsp3) is 0.333. The minimum absolute atomic E-state index is 0.291. The highest BCUT2D eigenvalue weighted by Crippen LogP contribution is 2.19. The van der Waals surface area contributed by atoms with Crippen molar-refractivity contribution in [2.45, 2.75) is 26.0 Å². The van der Waals surface area contributed by atoms with Crippen LogP contribution in [0.25, 0.3) is 0 Å². The molecule has 0 saturated carbocycles. The van der Waals surface area contributed by atoms with Crippen LogP contribution < -0.4 is 4.74 Å². The highest BCUT2D eigenvalue weighted by atomic mass is 16.5. The first-order chi connectivity index (χ1) is 11.7. The van der Waals surface area contributed by atoms with Gasteiger partial charge in [-0.3, -0.25) is 4.90 Å². The van der Waals surface area contributed by atoms with E-state index >= 15 is 0 Å². The Kier molecular flexibility index (Phi) is 7.53. The van der Waals surface area contributed by atoms with Crippen molar-refractivity contribution in [1.29, 1.82) is 0 Å². The largest absolute Gasteiger partial charge is 0.491 e. The normalized spacial score (nSPS) is 12.1. The average Bonchev–Trinajstić information content (AvgIpc) is 2.61. The highest BCUT2D eigenvalue weighted by molar-refractivity contribution is 5.34. The lowest BCUT2D eigenvalue weighted by atomic mass is 10.1. The van der Waals surface area contributed by atoms with E-state index in [0.29, 0.717) is 13.2 Å². The lowest BCUT2D eigenvalue weighted by molar-refractivity contribution is 0.0672. The van der Waals surface area contributed by atoms with E-state index in [4.69, 9.17) is 4.74 Å². The molecule has 0 saturated heterocycles. The molecule has 3 nitrogen and oxygen atoms in total. The SMILES string of the molecule is C=CCc1ccccc1OCC(O)CN(CC)Cc1ccccc1. The third-order valence-electron chi connectivity index (χ3n) is 3.93. The minimum Gasteiger partial charge on any atom is -0.491 e. The molecule has 0 aliphatic rings. The van der Waals surface area contributed by atoms with Crippen LogP contribution in [0.1, 0.15) is 18.1 Å². The number of rotatable bonds is 10. The van der Waals surface area contributed by atoms with Gasteiger partial charge in [-0.25, -0.2) is 0 Å². The molecule has 24 heavy (non-hydrogen) atoms. The van der Waals surface area contributed by atoms with E-state index in [-0.39, 0.29) is 0 Å². The van der Waals surface area contributed by atoms with E-state index < -0.39 is 6.10 Å². The van der Waals surface area contributed by atoms with Crippen molar-refractivity contribution in [3.63, 3.8) is 0 Å². The summed E-state index contributed by atoms with van der Waals surface area (Å²) in [6, 6.07) is 18.2. The molecule has 0 bridgehead atoms. The third-order valence-corrected chi connectivity index (χ3v) is 3.93. The van der Waals surface area contributed by atoms with Gasteiger partial charge in [0.15, 0.2) is 0 Å². The Bertz CT molecular complexity index is 612. The summed E-state index contributed by atoms with van der Waals surface area (Å²) in [5.74, 6) is 0.822. The summed E-state index contributed by atoms with van der Waals surface area (Å²) in [5.41, 5.74) is 2.35. The van der Waals surface area contributed by atoms with Crippen molar-refractivity contribution in [3.05, 3.63) is 78.4 Å². The maximum absolute atomic E-state index is 10.3. The topological polar surface area (TPSA) is 32.7 Å². The lowest BCUT2D eigenvalue weighted by Gasteiger charge is -2.24. The van der Waals surface area contributed by atoms with Crippen LogP contribution in [0.4, 0.5) is 0 Å². The number of aliphatic hydroxyl groups excluding tert-OH is 1. The number of benzene rings is 2. The first-order valence-electron chi connectivity index (χ1n) is 8.48. The van der Waals surface area contributed by atoms with E-state index in [0.717, 1.165) is 30.8 Å². The fourth-order valence-corrected chi connectivity index (χ4v) is 2.65. The van der Waals surface area contributed by atoms with Crippen LogP contribution in [0.15, 0.2) is 67.3 Å². The number of nitrogens with zero attached hydrogens (tertiary/aromatic N) is 1. The second-order valence-electron chi connectivity index (χ2n) is 5.88. The number of likely N-dealkylation sites (N-methyl/N-ethyl adjacent to an activating group) is 1. The second-order valence-corrected chi connectivity index (χ2v) is 5.88. The van der Waals surface area contributed by atoms with E-state index in [1.54, 1.807) is 0 Å². The molecule has 1 atom stereocenters. The molecule has 0 aliphatic carbocycles. The summed E-state index contributed by atoms with van der Waals surface area (Å²) in [4.78, 5) is 2.22. The van der Waals surface area contributed by atoms with Gasteiger partial charge in [0.2, 0.25) is 0 Å². The van der Waals surface area contributed by atoms with Gasteiger partial charge < -0.3 is 9.84 Å². The molecule has 0 heterocycles. The summed E-state index contributed by atoms with van der Waals surface area (Å²) < 4.78 is 5.82. The first-order valence-corrected chi connectivity index (χ1v) is 8.48. The fourth-order valence-electron chi connectivity index (χ4n) is 2.65. The zero-order valence-corrected chi connectivity index (χ0v) is 14.4. The summed E-state index contributed by atoms with van der Waals surface area (Å²) >= 11 is 0. The van der Waals surface area contributed by atoms with Crippen LogP contribution in [-0.2, 0) is 13.0 Å². The Morgan fingerprint density at radius 3 is 2.54 bits per heavy atom. The van der Waals surface area contributed by atoms with Crippen LogP contribution in [-0.4, -0.2) is 35.8 Å². The quantitative estimate of drug-likeness (QED) is 0.677. The minimum atomic E-state index is -0.523. The monoisotopic (exact) mass is 325 g/mol. The molecule has 0 aromatic heterocycles. The maximum atomic E-state index is 10.3. The van der Waals surface area contributed by atoms with E-state index in [2.05, 4.69) is 30.5 Å². The molecule has 2 aromatic rings. The summed E-state index contributed by atoms with van der Waals surface area (Å²) in [6.45, 7) is 8.48. The smallest absolute Gasteiger partial charge is 0.122 e. The Morgan fingerprint density at radius 2 is 1.83 bits per heavy atom. The van der Waals surface area contributed by atoms with Gasteiger partial charge in [-0.15, -0.1) is 6.58 Å². The van der Waals surface area contributed by atoms with Crippen molar-refractivity contribution >= 4 is 0 Å². The maximum Gasteiger partial charge on any atom is 0.122 e. The predicted molar refractivity (Wildman–Crippen MR) is 99.2 cm³/mol. The van der Waals surface area contributed by atoms with Gasteiger partial charge in [-0.1, -0.05) is 61.5 Å². The second kappa shape index (κ2) is 9.91. The van der Waals surface area contributed by atoms with Gasteiger partial charge in [0.1, 0.15) is 18.5 Å². The van der Waals surface area contributed by atoms with Crippen LogP contribution in [0.3, 0.4) is 0 Å². The summed E-state index contributed by atoms with van der Waals surface area (Å²) in [7, 11) is 0. The van der Waals surface area contributed by atoms with Crippen LogP contribution in [0.5, 0.6) is 5.75 Å². The van der Waals surface area contributed by atoms with Gasteiger partial charge in [0, 0.05) is 13.1 Å². The Labute approximate surface area is 145 Å². The molecular weight excluding hydrogens is 298 g/mol. The van der Waals surface area contributed by atoms with Crippen LogP contribution in [0.2, 0.25) is 0 Å². The molecule has 2 rings (SSSR count). The van der Waals surface area contributed by atoms with Gasteiger partial charge in [0.05, 0.1) is 0 Å². The predicted octanol–water partition coefficient (Wildman–Crippen LogP) is 3.68. The van der Waals surface area contributed by atoms with Crippen molar-refractivity contribution in [1.82, 2.24) is 4.90 Å². The zero-order valence-electron chi connectivity index (χ0n) is 14.4. The molecule has 0 fully saturated rings. The molecule has 1 N–H and O–H groups in total. The van der Waals surface area contributed by atoms with Gasteiger partial charge in [0.25, 0.3) is 0 Å². The van der Waals surface area contributed by atoms with E-state index in [1.165, 1.54) is 5.56 Å². The summed E-state index contributed by atoms with van der Waals surface area (Å²) in [5, 5.41) is 10.3. The number of allylic oxidation sites excluding steroid dienone is 1. The molecule has 1 unspecified atom stereocenters. The van der Waals surface area contributed by atoms with Gasteiger partial charge >= 0.3 is 0 Å². The van der Waals surface area contributed by atoms with Gasteiger partial charge in [-0.05, 0) is 30.2 Å². The molecule has 0 aliphatic heterocycles. The lowest BCUT2D eigenvalue weighted by Crippen LogP contribution is -2.35. The molecule has 3 heteroatoms. The van der Waals surface area contributed by atoms with Crippen molar-refractivity contribution in [3.8, 4) is 5.75 Å². The van der Waals surface area contributed by atoms with E-state index in [9.17, 15) is 5.11 Å². The molecule has 128 valence electrons. The number of aliphatic hydroxyl groups is 1. The third kappa shape index (κ3) is 5.84. The Morgan fingerprint density at radius 1 is 1.12 bits per heavy atom. The standard InChI is InChI=1S/C21H27NO2/c1-3-10-19-13-8-9-14-21(19)24-17-20(23)16-22(4-2)15-18-11-6-5-7-12-18/h3,5-9,11-14,20,23H,1,4,10,15-17H2,2H3. The number of hydrogen-bond acceptors (Lipinski definition) is 3. The molecule has 2 aromatic carbocycles. The highest BCUT2D eigenvalue weighted by Gasteiger charge is 2.12. The van der Waals surface area contributed by atoms with Crippen molar-refractivity contribution in [2.24, 2.45) is 0 Å². The van der Waals surface area contributed by atoms with Crippen molar-refractivity contribution in [2.75, 3.05) is 19.7 Å². The van der Waals surface area contributed by atoms with Gasteiger partial charge in [-0.2, -0.15) is 0 Å². The molecule has 0 spiro atoms. The van der Waals surface area contributed by atoms with Crippen LogP contribution >= 0.6 is 0 Å². The molecular formula is C21H27NO2. The van der Waals surface area contributed by atoms with Crippen LogP contribution in [0, 0.1) is 0 Å². The number of para-hydroxylation sites is 1. The molecule has 0 radical (unpaired) electrons. The van der Waals surface area contributed by atoms with Crippen molar-refractivity contribution < 1.29 is 9.84 Å². The average molecular weight is 325 g/mol. The Balaban J connectivity index is 1.85. The zero-order chi connectivity index (χ0) is 17.2. The molecule has 0 amide bonds.